The molecule has 0 aliphatic heterocycles. The molecule has 0 heterocycles. The van der Waals surface area contributed by atoms with Gasteiger partial charge in [-0.3, -0.25) is 0 Å². The summed E-state index contributed by atoms with van der Waals surface area (Å²) in [7, 11) is 0. The number of halogens is 2. The van der Waals surface area contributed by atoms with Gasteiger partial charge in [-0.05, 0) is 58.3 Å². The highest BCUT2D eigenvalue weighted by Crippen LogP contribution is 2.48. The molecule has 0 unspecified atom stereocenters. The van der Waals surface area contributed by atoms with Crippen molar-refractivity contribution in [3.8, 4) is 0 Å². The van der Waals surface area contributed by atoms with Gasteiger partial charge in [0.25, 0.3) is 0 Å². The summed E-state index contributed by atoms with van der Waals surface area (Å²) in [5.74, 6) is -0.181. The van der Waals surface area contributed by atoms with E-state index < -0.39 is 0 Å². The fourth-order valence-corrected chi connectivity index (χ4v) is 2.59. The molecule has 1 aliphatic carbocycles. The van der Waals surface area contributed by atoms with Crippen LogP contribution in [0, 0.1) is 11.2 Å². The minimum Gasteiger partial charge on any atom is -0.312 e. The van der Waals surface area contributed by atoms with Crippen LogP contribution >= 0.6 is 15.9 Å². The van der Waals surface area contributed by atoms with E-state index >= 15 is 0 Å². The van der Waals surface area contributed by atoms with Crippen LogP contribution in [0.25, 0.3) is 0 Å². The third-order valence-electron chi connectivity index (χ3n) is 3.55. The summed E-state index contributed by atoms with van der Waals surface area (Å²) in [6, 6.07) is 5.32. The molecular weight excluding hydrogens is 281 g/mol. The second-order valence-electron chi connectivity index (χ2n) is 5.10. The van der Waals surface area contributed by atoms with E-state index in [0.29, 0.717) is 9.89 Å². The fourth-order valence-electron chi connectivity index (χ4n) is 2.34. The number of rotatable bonds is 6. The van der Waals surface area contributed by atoms with Gasteiger partial charge in [-0.15, -0.1) is 0 Å². The second kappa shape index (κ2) is 5.49. The molecule has 0 aromatic heterocycles. The third-order valence-corrected chi connectivity index (χ3v) is 4.19. The topological polar surface area (TPSA) is 12.0 Å². The van der Waals surface area contributed by atoms with E-state index in [4.69, 9.17) is 0 Å². The summed E-state index contributed by atoms with van der Waals surface area (Å²) in [6.45, 7) is 4.07. The van der Waals surface area contributed by atoms with Gasteiger partial charge in [0.05, 0.1) is 4.47 Å². The zero-order valence-electron chi connectivity index (χ0n) is 10.2. The van der Waals surface area contributed by atoms with Crippen LogP contribution < -0.4 is 5.32 Å². The highest BCUT2D eigenvalue weighted by atomic mass is 79.9. The van der Waals surface area contributed by atoms with Crippen molar-refractivity contribution in [2.45, 2.75) is 39.2 Å². The van der Waals surface area contributed by atoms with E-state index in [1.54, 1.807) is 12.1 Å². The molecule has 17 heavy (non-hydrogen) atoms. The standard InChI is InChI=1S/C14H19BrFN/c1-2-5-14(6-7-14)10-17-9-11-3-4-12(15)13(16)8-11/h3-4,8,17H,2,5-7,9-10H2,1H3. The van der Waals surface area contributed by atoms with E-state index in [1.807, 2.05) is 6.07 Å². The molecule has 3 heteroatoms. The average molecular weight is 300 g/mol. The van der Waals surface area contributed by atoms with Gasteiger partial charge >= 0.3 is 0 Å². The maximum absolute atomic E-state index is 13.3. The number of nitrogens with one attached hydrogen (secondary N) is 1. The second-order valence-corrected chi connectivity index (χ2v) is 5.96. The maximum atomic E-state index is 13.3. The molecule has 1 saturated carbocycles. The van der Waals surface area contributed by atoms with Gasteiger partial charge in [0.2, 0.25) is 0 Å². The van der Waals surface area contributed by atoms with Crippen molar-refractivity contribution in [3.05, 3.63) is 34.1 Å². The molecular formula is C14H19BrFN. The lowest BCUT2D eigenvalue weighted by Crippen LogP contribution is -2.23. The zero-order valence-corrected chi connectivity index (χ0v) is 11.8. The van der Waals surface area contributed by atoms with Crippen LogP contribution in [0.1, 0.15) is 38.2 Å². The van der Waals surface area contributed by atoms with Crippen LogP contribution in [0.2, 0.25) is 0 Å². The van der Waals surface area contributed by atoms with Crippen LogP contribution in [0.15, 0.2) is 22.7 Å². The lowest BCUT2D eigenvalue weighted by atomic mass is 10.0. The van der Waals surface area contributed by atoms with Crippen LogP contribution in [0.3, 0.4) is 0 Å². The molecule has 0 spiro atoms. The molecule has 94 valence electrons. The third kappa shape index (κ3) is 3.52. The molecule has 2 rings (SSSR count). The summed E-state index contributed by atoms with van der Waals surface area (Å²) in [6.07, 6.45) is 5.27. The smallest absolute Gasteiger partial charge is 0.137 e. The summed E-state index contributed by atoms with van der Waals surface area (Å²) >= 11 is 3.16. The normalized spacial score (nSPS) is 17.1. The molecule has 1 aromatic rings. The molecule has 0 radical (unpaired) electrons. The highest BCUT2D eigenvalue weighted by molar-refractivity contribution is 9.10. The van der Waals surface area contributed by atoms with Gasteiger partial charge in [-0.25, -0.2) is 4.39 Å². The molecule has 0 bridgehead atoms. The monoisotopic (exact) mass is 299 g/mol. The molecule has 0 amide bonds. The van der Waals surface area contributed by atoms with E-state index in [9.17, 15) is 4.39 Å². The SMILES string of the molecule is CCCC1(CNCc2ccc(Br)c(F)c2)CC1. The summed E-state index contributed by atoms with van der Waals surface area (Å²) < 4.78 is 13.8. The van der Waals surface area contributed by atoms with E-state index in [1.165, 1.54) is 25.7 Å². The highest BCUT2D eigenvalue weighted by Gasteiger charge is 2.40. The van der Waals surface area contributed by atoms with Crippen molar-refractivity contribution in [2.75, 3.05) is 6.54 Å². The van der Waals surface area contributed by atoms with Crippen LogP contribution in [-0.2, 0) is 6.54 Å². The van der Waals surface area contributed by atoms with Gasteiger partial charge in [0.15, 0.2) is 0 Å². The Labute approximate surface area is 111 Å². The van der Waals surface area contributed by atoms with Crippen molar-refractivity contribution in [3.63, 3.8) is 0 Å². The number of hydrogen-bond donors (Lipinski definition) is 1. The van der Waals surface area contributed by atoms with Crippen LogP contribution in [0.5, 0.6) is 0 Å². The molecule has 1 fully saturated rings. The van der Waals surface area contributed by atoms with E-state index in [-0.39, 0.29) is 5.82 Å². The van der Waals surface area contributed by atoms with Crippen molar-refractivity contribution in [1.82, 2.24) is 5.32 Å². The van der Waals surface area contributed by atoms with Crippen LogP contribution in [-0.4, -0.2) is 6.54 Å². The Hall–Kier alpha value is -0.410. The molecule has 0 atom stereocenters. The Morgan fingerprint density at radius 1 is 1.41 bits per heavy atom. The predicted molar refractivity (Wildman–Crippen MR) is 72.4 cm³/mol. The Kier molecular flexibility index (Phi) is 4.21. The fraction of sp³-hybridized carbons (Fsp3) is 0.571. The number of hydrogen-bond acceptors (Lipinski definition) is 1. The Bertz CT molecular complexity index is 388. The van der Waals surface area contributed by atoms with Crippen molar-refractivity contribution < 1.29 is 4.39 Å². The van der Waals surface area contributed by atoms with Gasteiger partial charge < -0.3 is 5.32 Å². The van der Waals surface area contributed by atoms with Crippen molar-refractivity contribution in [1.29, 1.82) is 0 Å². The van der Waals surface area contributed by atoms with Gasteiger partial charge in [-0.2, -0.15) is 0 Å². The maximum Gasteiger partial charge on any atom is 0.137 e. The summed E-state index contributed by atoms with van der Waals surface area (Å²) in [4.78, 5) is 0. The quantitative estimate of drug-likeness (QED) is 0.828. The summed E-state index contributed by atoms with van der Waals surface area (Å²) in [5, 5.41) is 3.45. The predicted octanol–water partition coefficient (Wildman–Crippen LogP) is 4.26. The Morgan fingerprint density at radius 2 is 2.18 bits per heavy atom. The molecule has 1 N–H and O–H groups in total. The largest absolute Gasteiger partial charge is 0.312 e. The van der Waals surface area contributed by atoms with E-state index in [2.05, 4.69) is 28.2 Å². The first kappa shape index (κ1) is 13.0. The minimum absolute atomic E-state index is 0.181. The summed E-state index contributed by atoms with van der Waals surface area (Å²) in [5.41, 5.74) is 1.57. The lowest BCUT2D eigenvalue weighted by Gasteiger charge is -2.15. The van der Waals surface area contributed by atoms with Gasteiger partial charge in [-0.1, -0.05) is 19.4 Å². The first-order chi connectivity index (χ1) is 8.15. The van der Waals surface area contributed by atoms with Crippen LogP contribution in [0.4, 0.5) is 4.39 Å². The van der Waals surface area contributed by atoms with Gasteiger partial charge in [0, 0.05) is 13.1 Å². The average Bonchev–Trinajstić information content (AvgIpc) is 3.04. The minimum atomic E-state index is -0.181. The van der Waals surface area contributed by atoms with E-state index in [0.717, 1.165) is 18.7 Å². The molecule has 1 aromatic carbocycles. The molecule has 0 saturated heterocycles. The Morgan fingerprint density at radius 3 is 2.76 bits per heavy atom. The first-order valence-corrected chi connectivity index (χ1v) is 7.09. The Balaban J connectivity index is 1.80. The number of benzene rings is 1. The first-order valence-electron chi connectivity index (χ1n) is 6.30. The zero-order chi connectivity index (χ0) is 12.3. The molecule has 1 nitrogen and oxygen atoms in total. The lowest BCUT2D eigenvalue weighted by molar-refractivity contribution is 0.420. The van der Waals surface area contributed by atoms with Crippen molar-refractivity contribution >= 4 is 15.9 Å². The molecule has 1 aliphatic rings. The van der Waals surface area contributed by atoms with Gasteiger partial charge in [0.1, 0.15) is 5.82 Å². The van der Waals surface area contributed by atoms with Crippen molar-refractivity contribution in [2.24, 2.45) is 5.41 Å².